The van der Waals surface area contributed by atoms with Crippen molar-refractivity contribution < 1.29 is 9.72 Å². The Bertz CT molecular complexity index is 701. The number of nitrogens with zero attached hydrogens (tertiary/aromatic N) is 1. The Morgan fingerprint density at radius 3 is 2.71 bits per heavy atom. The zero-order chi connectivity index (χ0) is 15.4. The third-order valence-corrected chi connectivity index (χ3v) is 3.32. The van der Waals surface area contributed by atoms with Crippen LogP contribution in [0.25, 0.3) is 0 Å². The highest BCUT2D eigenvalue weighted by molar-refractivity contribution is 6.17. The smallest absolute Gasteiger partial charge is 0.270 e. The summed E-state index contributed by atoms with van der Waals surface area (Å²) in [7, 11) is 0. The van der Waals surface area contributed by atoms with Gasteiger partial charge in [0.15, 0.2) is 0 Å². The second-order valence-corrected chi connectivity index (χ2v) is 4.81. The van der Waals surface area contributed by atoms with Crippen LogP contribution in [0.5, 0.6) is 0 Å². The molecule has 0 bridgehead atoms. The number of non-ortho nitro benzene ring substituents is 1. The van der Waals surface area contributed by atoms with Gasteiger partial charge in [0.05, 0.1) is 4.92 Å². The zero-order valence-corrected chi connectivity index (χ0v) is 12.1. The van der Waals surface area contributed by atoms with E-state index in [1.165, 1.54) is 12.1 Å². The second-order valence-electron chi connectivity index (χ2n) is 4.54. The van der Waals surface area contributed by atoms with Gasteiger partial charge in [-0.2, -0.15) is 0 Å². The molecule has 0 saturated heterocycles. The van der Waals surface area contributed by atoms with E-state index in [1.54, 1.807) is 31.2 Å². The molecular formula is C15H13ClN2O3. The van der Waals surface area contributed by atoms with E-state index < -0.39 is 4.92 Å². The van der Waals surface area contributed by atoms with Gasteiger partial charge in [-0.1, -0.05) is 18.2 Å². The lowest BCUT2D eigenvalue weighted by Gasteiger charge is -2.08. The molecule has 0 radical (unpaired) electrons. The van der Waals surface area contributed by atoms with Gasteiger partial charge in [0, 0.05) is 29.3 Å². The summed E-state index contributed by atoms with van der Waals surface area (Å²) in [5.74, 6) is -0.0394. The zero-order valence-electron chi connectivity index (χ0n) is 11.3. The molecule has 1 N–H and O–H groups in total. The van der Waals surface area contributed by atoms with Crippen molar-refractivity contribution in [3.63, 3.8) is 0 Å². The summed E-state index contributed by atoms with van der Waals surface area (Å²) in [6, 6.07) is 11.3. The van der Waals surface area contributed by atoms with Crippen LogP contribution in [0.1, 0.15) is 21.5 Å². The molecule has 6 heteroatoms. The van der Waals surface area contributed by atoms with Crippen molar-refractivity contribution >= 4 is 28.9 Å². The normalized spacial score (nSPS) is 10.2. The summed E-state index contributed by atoms with van der Waals surface area (Å²) >= 11 is 5.75. The Hall–Kier alpha value is -2.40. The average molecular weight is 305 g/mol. The minimum atomic E-state index is -0.523. The van der Waals surface area contributed by atoms with Gasteiger partial charge in [0.25, 0.3) is 11.6 Å². The van der Waals surface area contributed by atoms with Gasteiger partial charge in [0.2, 0.25) is 0 Å². The molecule has 5 nitrogen and oxygen atoms in total. The standard InChI is InChI=1S/C15H13ClN2O3/c1-10-5-6-13(18(20)21)8-14(10)15(19)17-12-4-2-3-11(7-12)9-16/h2-8H,9H2,1H3,(H,17,19). The number of aryl methyl sites for hydroxylation is 1. The SMILES string of the molecule is Cc1ccc([N+](=O)[O-])cc1C(=O)Nc1cccc(CCl)c1. The number of amides is 1. The maximum Gasteiger partial charge on any atom is 0.270 e. The first-order valence-corrected chi connectivity index (χ1v) is 6.76. The molecule has 0 unspecified atom stereocenters. The molecule has 0 aliphatic heterocycles. The number of rotatable bonds is 4. The molecule has 2 aromatic carbocycles. The maximum absolute atomic E-state index is 12.2. The molecule has 0 heterocycles. The molecule has 0 aliphatic carbocycles. The van der Waals surface area contributed by atoms with E-state index in [0.29, 0.717) is 17.1 Å². The fourth-order valence-electron chi connectivity index (χ4n) is 1.90. The van der Waals surface area contributed by atoms with Crippen molar-refractivity contribution in [2.75, 3.05) is 5.32 Å². The van der Waals surface area contributed by atoms with E-state index in [-0.39, 0.29) is 17.2 Å². The Labute approximate surface area is 126 Å². The summed E-state index contributed by atoms with van der Waals surface area (Å²) in [6.45, 7) is 1.73. The maximum atomic E-state index is 12.2. The molecule has 21 heavy (non-hydrogen) atoms. The topological polar surface area (TPSA) is 72.2 Å². The van der Waals surface area contributed by atoms with Crippen LogP contribution in [0.3, 0.4) is 0 Å². The van der Waals surface area contributed by atoms with Crippen molar-refractivity contribution in [3.05, 3.63) is 69.3 Å². The number of alkyl halides is 1. The Kier molecular flexibility index (Phi) is 4.55. The first-order chi connectivity index (χ1) is 10.0. The summed E-state index contributed by atoms with van der Waals surface area (Å²) in [5, 5.41) is 13.5. The number of carbonyl (C=O) groups is 1. The van der Waals surface area contributed by atoms with Gasteiger partial charge < -0.3 is 5.32 Å². The number of nitro groups is 1. The van der Waals surface area contributed by atoms with E-state index in [2.05, 4.69) is 5.32 Å². The van der Waals surface area contributed by atoms with Crippen LogP contribution in [-0.4, -0.2) is 10.8 Å². The number of nitro benzene ring substituents is 1. The molecule has 2 rings (SSSR count). The van der Waals surface area contributed by atoms with Crippen LogP contribution in [0.15, 0.2) is 42.5 Å². The third kappa shape index (κ3) is 3.58. The molecule has 0 saturated carbocycles. The van der Waals surface area contributed by atoms with Crippen LogP contribution >= 0.6 is 11.6 Å². The van der Waals surface area contributed by atoms with Crippen molar-refractivity contribution in [1.29, 1.82) is 0 Å². The van der Waals surface area contributed by atoms with Crippen LogP contribution < -0.4 is 5.32 Å². The summed E-state index contributed by atoms with van der Waals surface area (Å²) in [5.41, 5.74) is 2.32. The lowest BCUT2D eigenvalue weighted by molar-refractivity contribution is -0.384. The van der Waals surface area contributed by atoms with Gasteiger partial charge >= 0.3 is 0 Å². The number of nitrogens with one attached hydrogen (secondary N) is 1. The van der Waals surface area contributed by atoms with Gasteiger partial charge in [-0.15, -0.1) is 11.6 Å². The number of benzene rings is 2. The van der Waals surface area contributed by atoms with Crippen molar-refractivity contribution in [2.45, 2.75) is 12.8 Å². The molecule has 0 aliphatic rings. The fraction of sp³-hybridized carbons (Fsp3) is 0.133. The van der Waals surface area contributed by atoms with Crippen molar-refractivity contribution in [2.24, 2.45) is 0 Å². The van der Waals surface area contributed by atoms with Gasteiger partial charge in [-0.3, -0.25) is 14.9 Å². The van der Waals surface area contributed by atoms with Crippen molar-refractivity contribution in [1.82, 2.24) is 0 Å². The van der Waals surface area contributed by atoms with E-state index in [9.17, 15) is 14.9 Å². The van der Waals surface area contributed by atoms with Crippen LogP contribution in [-0.2, 0) is 5.88 Å². The molecule has 0 spiro atoms. The van der Waals surface area contributed by atoms with Gasteiger partial charge in [-0.05, 0) is 30.2 Å². The quantitative estimate of drug-likeness (QED) is 0.529. The summed E-state index contributed by atoms with van der Waals surface area (Å²) < 4.78 is 0. The molecule has 0 atom stereocenters. The molecule has 0 fully saturated rings. The van der Waals surface area contributed by atoms with E-state index >= 15 is 0 Å². The highest BCUT2D eigenvalue weighted by atomic mass is 35.5. The number of anilines is 1. The monoisotopic (exact) mass is 304 g/mol. The molecule has 0 aromatic heterocycles. The molecule has 1 amide bonds. The van der Waals surface area contributed by atoms with Gasteiger partial charge in [-0.25, -0.2) is 0 Å². The molecule has 2 aromatic rings. The van der Waals surface area contributed by atoms with Crippen molar-refractivity contribution in [3.8, 4) is 0 Å². The number of hydrogen-bond donors (Lipinski definition) is 1. The van der Waals surface area contributed by atoms with E-state index in [4.69, 9.17) is 11.6 Å². The van der Waals surface area contributed by atoms with Crippen LogP contribution in [0.4, 0.5) is 11.4 Å². The minimum absolute atomic E-state index is 0.111. The average Bonchev–Trinajstić information content (AvgIpc) is 2.47. The second kappa shape index (κ2) is 6.37. The Balaban J connectivity index is 2.27. The van der Waals surface area contributed by atoms with E-state index in [0.717, 1.165) is 5.56 Å². The predicted octanol–water partition coefficient (Wildman–Crippen LogP) is 3.89. The summed E-state index contributed by atoms with van der Waals surface area (Å²) in [4.78, 5) is 22.5. The number of hydrogen-bond acceptors (Lipinski definition) is 3. The van der Waals surface area contributed by atoms with Crippen LogP contribution in [0, 0.1) is 17.0 Å². The number of carbonyl (C=O) groups excluding carboxylic acids is 1. The first kappa shape index (κ1) is 15.0. The highest BCUT2D eigenvalue weighted by Gasteiger charge is 2.14. The first-order valence-electron chi connectivity index (χ1n) is 6.22. The predicted molar refractivity (Wildman–Crippen MR) is 81.8 cm³/mol. The Morgan fingerprint density at radius 2 is 2.05 bits per heavy atom. The lowest BCUT2D eigenvalue weighted by Crippen LogP contribution is -2.13. The third-order valence-electron chi connectivity index (χ3n) is 3.02. The fourth-order valence-corrected chi connectivity index (χ4v) is 2.07. The van der Waals surface area contributed by atoms with Crippen LogP contribution in [0.2, 0.25) is 0 Å². The number of halogens is 1. The Morgan fingerprint density at radius 1 is 1.29 bits per heavy atom. The molecular weight excluding hydrogens is 292 g/mol. The largest absolute Gasteiger partial charge is 0.322 e. The highest BCUT2D eigenvalue weighted by Crippen LogP contribution is 2.19. The van der Waals surface area contributed by atoms with Gasteiger partial charge in [0.1, 0.15) is 0 Å². The van der Waals surface area contributed by atoms with E-state index in [1.807, 2.05) is 6.07 Å². The summed E-state index contributed by atoms with van der Waals surface area (Å²) in [6.07, 6.45) is 0. The lowest BCUT2D eigenvalue weighted by atomic mass is 10.1. The minimum Gasteiger partial charge on any atom is -0.322 e. The molecule has 108 valence electrons.